The maximum absolute atomic E-state index is 3.68. The molecule has 0 fully saturated rings. The minimum absolute atomic E-state index is 0.614. The summed E-state index contributed by atoms with van der Waals surface area (Å²) >= 11 is 0. The van der Waals surface area contributed by atoms with Gasteiger partial charge < -0.3 is 5.32 Å². The van der Waals surface area contributed by atoms with Gasteiger partial charge in [-0.15, -0.1) is 0 Å². The van der Waals surface area contributed by atoms with Crippen molar-refractivity contribution in [3.8, 4) is 0 Å². The second-order valence-electron chi connectivity index (χ2n) is 5.14. The van der Waals surface area contributed by atoms with Gasteiger partial charge in [0.1, 0.15) is 0 Å². The van der Waals surface area contributed by atoms with Crippen molar-refractivity contribution in [2.75, 3.05) is 6.54 Å². The van der Waals surface area contributed by atoms with Crippen molar-refractivity contribution in [2.45, 2.75) is 53.0 Å². The number of aryl methyl sites for hydroxylation is 1. The van der Waals surface area contributed by atoms with Crippen molar-refractivity contribution in [3.05, 3.63) is 35.4 Å². The summed E-state index contributed by atoms with van der Waals surface area (Å²) in [4.78, 5) is 0. The molecule has 0 aliphatic carbocycles. The Labute approximate surface area is 107 Å². The number of rotatable bonds is 7. The highest BCUT2D eigenvalue weighted by Gasteiger charge is 2.15. The largest absolute Gasteiger partial charge is 0.313 e. The van der Waals surface area contributed by atoms with E-state index in [2.05, 4.69) is 57.3 Å². The van der Waals surface area contributed by atoms with E-state index < -0.39 is 0 Å². The third kappa shape index (κ3) is 4.91. The van der Waals surface area contributed by atoms with E-state index in [1.54, 1.807) is 0 Å². The van der Waals surface area contributed by atoms with Crippen molar-refractivity contribution in [1.82, 2.24) is 5.32 Å². The van der Waals surface area contributed by atoms with Gasteiger partial charge in [-0.25, -0.2) is 0 Å². The SMILES string of the molecule is CCCNC(Cc1ccc(C)cc1)C(C)CC. The summed E-state index contributed by atoms with van der Waals surface area (Å²) in [6.45, 7) is 10.1. The second-order valence-corrected chi connectivity index (χ2v) is 5.14. The molecular formula is C16H27N. The van der Waals surface area contributed by atoms with Crippen LogP contribution in [0.3, 0.4) is 0 Å². The van der Waals surface area contributed by atoms with Gasteiger partial charge in [0.25, 0.3) is 0 Å². The Hall–Kier alpha value is -0.820. The molecule has 1 aromatic carbocycles. The smallest absolute Gasteiger partial charge is 0.0133 e. The molecule has 0 aliphatic rings. The summed E-state index contributed by atoms with van der Waals surface area (Å²) in [5.41, 5.74) is 2.79. The molecule has 0 radical (unpaired) electrons. The summed E-state index contributed by atoms with van der Waals surface area (Å²) in [5.74, 6) is 0.739. The molecule has 0 amide bonds. The highest BCUT2D eigenvalue weighted by molar-refractivity contribution is 5.22. The van der Waals surface area contributed by atoms with Gasteiger partial charge in [0, 0.05) is 6.04 Å². The molecule has 0 saturated carbocycles. The molecule has 1 heteroatoms. The quantitative estimate of drug-likeness (QED) is 0.752. The molecule has 2 unspecified atom stereocenters. The first-order valence-corrected chi connectivity index (χ1v) is 6.96. The molecule has 2 atom stereocenters. The fraction of sp³-hybridized carbons (Fsp3) is 0.625. The van der Waals surface area contributed by atoms with Gasteiger partial charge >= 0.3 is 0 Å². The minimum Gasteiger partial charge on any atom is -0.313 e. The molecule has 1 nitrogen and oxygen atoms in total. The van der Waals surface area contributed by atoms with Crippen LogP contribution in [-0.2, 0) is 6.42 Å². The summed E-state index contributed by atoms with van der Waals surface area (Å²) in [5, 5.41) is 3.68. The normalized spacial score (nSPS) is 14.6. The zero-order chi connectivity index (χ0) is 12.7. The van der Waals surface area contributed by atoms with Crippen LogP contribution in [-0.4, -0.2) is 12.6 Å². The Bertz CT molecular complexity index is 302. The first kappa shape index (κ1) is 14.2. The maximum atomic E-state index is 3.68. The molecule has 1 N–H and O–H groups in total. The molecule has 0 heterocycles. The monoisotopic (exact) mass is 233 g/mol. The van der Waals surface area contributed by atoms with E-state index in [9.17, 15) is 0 Å². The molecule has 0 spiro atoms. The van der Waals surface area contributed by atoms with Crippen LogP contribution in [0.1, 0.15) is 44.7 Å². The van der Waals surface area contributed by atoms with Gasteiger partial charge in [-0.2, -0.15) is 0 Å². The first-order chi connectivity index (χ1) is 8.17. The van der Waals surface area contributed by atoms with Crippen LogP contribution in [0.2, 0.25) is 0 Å². The first-order valence-electron chi connectivity index (χ1n) is 6.96. The van der Waals surface area contributed by atoms with Crippen LogP contribution in [0.15, 0.2) is 24.3 Å². The Morgan fingerprint density at radius 2 is 1.76 bits per heavy atom. The topological polar surface area (TPSA) is 12.0 Å². The third-order valence-corrected chi connectivity index (χ3v) is 3.56. The van der Waals surface area contributed by atoms with Crippen LogP contribution < -0.4 is 5.32 Å². The van der Waals surface area contributed by atoms with Crippen molar-refractivity contribution >= 4 is 0 Å². The summed E-state index contributed by atoms with van der Waals surface area (Å²) in [7, 11) is 0. The lowest BCUT2D eigenvalue weighted by Gasteiger charge is -2.24. The fourth-order valence-electron chi connectivity index (χ4n) is 2.07. The van der Waals surface area contributed by atoms with Crippen molar-refractivity contribution < 1.29 is 0 Å². The Morgan fingerprint density at radius 3 is 2.29 bits per heavy atom. The number of hydrogen-bond acceptors (Lipinski definition) is 1. The predicted molar refractivity (Wildman–Crippen MR) is 76.4 cm³/mol. The average Bonchev–Trinajstić information content (AvgIpc) is 2.36. The summed E-state index contributed by atoms with van der Waals surface area (Å²) < 4.78 is 0. The lowest BCUT2D eigenvalue weighted by atomic mass is 9.92. The van der Waals surface area contributed by atoms with Crippen molar-refractivity contribution in [3.63, 3.8) is 0 Å². The Morgan fingerprint density at radius 1 is 1.12 bits per heavy atom. The van der Waals surface area contributed by atoms with Gasteiger partial charge in [-0.3, -0.25) is 0 Å². The molecular weight excluding hydrogens is 206 g/mol. The van der Waals surface area contributed by atoms with Crippen LogP contribution in [0, 0.1) is 12.8 Å². The highest BCUT2D eigenvalue weighted by atomic mass is 14.9. The van der Waals surface area contributed by atoms with Crippen LogP contribution in [0.4, 0.5) is 0 Å². The highest BCUT2D eigenvalue weighted by Crippen LogP contribution is 2.14. The van der Waals surface area contributed by atoms with Gasteiger partial charge in [-0.05, 0) is 37.8 Å². The molecule has 0 saturated heterocycles. The van der Waals surface area contributed by atoms with Gasteiger partial charge in [0.2, 0.25) is 0 Å². The predicted octanol–water partition coefficient (Wildman–Crippen LogP) is 3.95. The lowest BCUT2D eigenvalue weighted by molar-refractivity contribution is 0.365. The zero-order valence-corrected chi connectivity index (χ0v) is 11.8. The van der Waals surface area contributed by atoms with Crippen LogP contribution >= 0.6 is 0 Å². The van der Waals surface area contributed by atoms with Crippen LogP contribution in [0.25, 0.3) is 0 Å². The standard InChI is InChI=1S/C16H27N/c1-5-11-17-16(14(4)6-2)12-15-9-7-13(3)8-10-15/h7-10,14,16-17H,5-6,11-12H2,1-4H3. The van der Waals surface area contributed by atoms with Crippen LogP contribution in [0.5, 0.6) is 0 Å². The number of benzene rings is 1. The minimum atomic E-state index is 0.614. The third-order valence-electron chi connectivity index (χ3n) is 3.56. The molecule has 0 bridgehead atoms. The number of hydrogen-bond donors (Lipinski definition) is 1. The Kier molecular flexibility index (Phi) is 6.28. The van der Waals surface area contributed by atoms with Gasteiger partial charge in [-0.1, -0.05) is 57.0 Å². The lowest BCUT2D eigenvalue weighted by Crippen LogP contribution is -2.37. The average molecular weight is 233 g/mol. The molecule has 17 heavy (non-hydrogen) atoms. The molecule has 0 aromatic heterocycles. The van der Waals surface area contributed by atoms with E-state index in [-0.39, 0.29) is 0 Å². The molecule has 1 rings (SSSR count). The van der Waals surface area contributed by atoms with E-state index in [0.29, 0.717) is 6.04 Å². The molecule has 0 aliphatic heterocycles. The van der Waals surface area contributed by atoms with Gasteiger partial charge in [0.05, 0.1) is 0 Å². The van der Waals surface area contributed by atoms with E-state index in [1.807, 2.05) is 0 Å². The van der Waals surface area contributed by atoms with Gasteiger partial charge in [0.15, 0.2) is 0 Å². The Balaban J connectivity index is 2.61. The second kappa shape index (κ2) is 7.50. The van der Waals surface area contributed by atoms with E-state index in [1.165, 1.54) is 24.0 Å². The molecule has 1 aromatic rings. The summed E-state index contributed by atoms with van der Waals surface area (Å²) in [6, 6.07) is 9.56. The van der Waals surface area contributed by atoms with E-state index in [0.717, 1.165) is 18.9 Å². The van der Waals surface area contributed by atoms with E-state index in [4.69, 9.17) is 0 Å². The zero-order valence-electron chi connectivity index (χ0n) is 11.8. The maximum Gasteiger partial charge on any atom is 0.0133 e. The summed E-state index contributed by atoms with van der Waals surface area (Å²) in [6.07, 6.45) is 3.60. The molecule has 96 valence electrons. The van der Waals surface area contributed by atoms with Crippen molar-refractivity contribution in [2.24, 2.45) is 5.92 Å². The number of nitrogens with one attached hydrogen (secondary N) is 1. The van der Waals surface area contributed by atoms with E-state index >= 15 is 0 Å². The fourth-order valence-corrected chi connectivity index (χ4v) is 2.07. The van der Waals surface area contributed by atoms with Crippen molar-refractivity contribution in [1.29, 1.82) is 0 Å².